The minimum Gasteiger partial charge on any atom is -0.481 e. The number of carbonyl (C=O) groups excluding carboxylic acids is 1. The molecule has 2 atom stereocenters. The van der Waals surface area contributed by atoms with E-state index in [9.17, 15) is 19.8 Å². The number of rotatable bonds is 4. The molecule has 2 aliphatic rings. The fourth-order valence-electron chi connectivity index (χ4n) is 3.20. The molecule has 2 unspecified atom stereocenters. The van der Waals surface area contributed by atoms with E-state index in [1.54, 1.807) is 20.8 Å². The molecular weight excluding hydrogens is 300 g/mol. The third-order valence-electron chi connectivity index (χ3n) is 4.82. The number of carboxylic acids is 1. The average molecular weight is 328 g/mol. The van der Waals surface area contributed by atoms with Crippen molar-refractivity contribution in [2.75, 3.05) is 13.1 Å². The molecule has 1 amide bonds. The van der Waals surface area contributed by atoms with Crippen LogP contribution in [-0.4, -0.2) is 63.6 Å². The molecule has 1 heterocycles. The summed E-state index contributed by atoms with van der Waals surface area (Å²) in [6, 6.07) is 0.0395. The van der Waals surface area contributed by atoms with E-state index in [2.05, 4.69) is 5.32 Å². The van der Waals surface area contributed by atoms with Crippen LogP contribution in [0.5, 0.6) is 0 Å². The van der Waals surface area contributed by atoms with Crippen LogP contribution in [0.1, 0.15) is 47.5 Å². The maximum absolute atomic E-state index is 12.1. The van der Waals surface area contributed by atoms with Crippen molar-refractivity contribution >= 4 is 12.1 Å². The lowest BCUT2D eigenvalue weighted by molar-refractivity contribution is -0.143. The van der Waals surface area contributed by atoms with Crippen molar-refractivity contribution in [3.05, 3.63) is 0 Å². The van der Waals surface area contributed by atoms with E-state index >= 15 is 0 Å². The molecule has 0 radical (unpaired) electrons. The van der Waals surface area contributed by atoms with Crippen LogP contribution in [0.25, 0.3) is 0 Å². The summed E-state index contributed by atoms with van der Waals surface area (Å²) in [4.78, 5) is 24.8. The van der Waals surface area contributed by atoms with Gasteiger partial charge in [0, 0.05) is 24.5 Å². The zero-order chi connectivity index (χ0) is 17.6. The summed E-state index contributed by atoms with van der Waals surface area (Å²) < 4.78 is 5.32. The molecule has 132 valence electrons. The topological polar surface area (TPSA) is 99.1 Å². The Hall–Kier alpha value is -1.34. The molecule has 2 rings (SSSR count). The number of nitrogens with zero attached hydrogens (tertiary/aromatic N) is 1. The number of ether oxygens (including phenoxy) is 1. The maximum Gasteiger partial charge on any atom is 0.410 e. The number of carboxylic acid groups (broad SMARTS) is 1. The van der Waals surface area contributed by atoms with E-state index in [0.717, 1.165) is 0 Å². The smallest absolute Gasteiger partial charge is 0.410 e. The Morgan fingerprint density at radius 1 is 1.30 bits per heavy atom. The lowest BCUT2D eigenvalue weighted by atomic mass is 9.63. The molecular formula is C16H28N2O5. The highest BCUT2D eigenvalue weighted by Crippen LogP contribution is 2.42. The van der Waals surface area contributed by atoms with E-state index in [4.69, 9.17) is 4.74 Å². The first-order chi connectivity index (χ1) is 10.3. The molecule has 0 aromatic rings. The van der Waals surface area contributed by atoms with Crippen LogP contribution in [0.3, 0.4) is 0 Å². The lowest BCUT2D eigenvalue weighted by Crippen LogP contribution is -2.76. The van der Waals surface area contributed by atoms with Crippen LogP contribution >= 0.6 is 0 Å². The molecule has 0 spiro atoms. The number of aliphatic hydroxyl groups is 1. The van der Waals surface area contributed by atoms with Crippen LogP contribution in [0, 0.1) is 5.41 Å². The quantitative estimate of drug-likeness (QED) is 0.717. The molecule has 1 aliphatic carbocycles. The first-order valence-electron chi connectivity index (χ1n) is 8.00. The number of aliphatic carboxylic acids is 1. The van der Waals surface area contributed by atoms with Gasteiger partial charge in [-0.05, 0) is 27.2 Å². The van der Waals surface area contributed by atoms with Gasteiger partial charge in [-0.3, -0.25) is 4.79 Å². The molecule has 7 nitrogen and oxygen atoms in total. The van der Waals surface area contributed by atoms with E-state index in [0.29, 0.717) is 19.5 Å². The summed E-state index contributed by atoms with van der Waals surface area (Å²) in [6.45, 7) is 9.91. The Balaban J connectivity index is 1.98. The molecule has 3 N–H and O–H groups in total. The molecule has 1 aliphatic heterocycles. The zero-order valence-electron chi connectivity index (χ0n) is 14.5. The number of hydrogen-bond donors (Lipinski definition) is 3. The van der Waals surface area contributed by atoms with Gasteiger partial charge in [0.25, 0.3) is 0 Å². The van der Waals surface area contributed by atoms with Gasteiger partial charge < -0.3 is 25.2 Å². The number of hydrogen-bond acceptors (Lipinski definition) is 5. The summed E-state index contributed by atoms with van der Waals surface area (Å²) in [5, 5.41) is 22.4. The molecule has 1 saturated heterocycles. The third kappa shape index (κ3) is 3.77. The Kier molecular flexibility index (Phi) is 4.41. The van der Waals surface area contributed by atoms with Gasteiger partial charge in [0.15, 0.2) is 0 Å². The van der Waals surface area contributed by atoms with Crippen LogP contribution in [0.2, 0.25) is 0 Å². The van der Waals surface area contributed by atoms with Gasteiger partial charge in [-0.2, -0.15) is 0 Å². The van der Waals surface area contributed by atoms with Gasteiger partial charge in [0.2, 0.25) is 0 Å². The Labute approximate surface area is 137 Å². The van der Waals surface area contributed by atoms with Crippen LogP contribution in [0.4, 0.5) is 4.79 Å². The van der Waals surface area contributed by atoms with Crippen molar-refractivity contribution in [1.82, 2.24) is 10.2 Å². The minimum atomic E-state index is -0.904. The molecule has 23 heavy (non-hydrogen) atoms. The Morgan fingerprint density at radius 3 is 2.26 bits per heavy atom. The number of nitrogens with one attached hydrogen (secondary N) is 1. The molecule has 0 aromatic heterocycles. The van der Waals surface area contributed by atoms with E-state index in [1.807, 2.05) is 13.8 Å². The predicted octanol–water partition coefficient (Wildman–Crippen LogP) is 1.20. The van der Waals surface area contributed by atoms with Crippen molar-refractivity contribution in [3.8, 4) is 0 Å². The highest BCUT2D eigenvalue weighted by atomic mass is 16.6. The summed E-state index contributed by atoms with van der Waals surface area (Å²) in [7, 11) is 0. The number of amides is 1. The van der Waals surface area contributed by atoms with Crippen LogP contribution < -0.4 is 5.32 Å². The van der Waals surface area contributed by atoms with Gasteiger partial charge in [0.1, 0.15) is 5.60 Å². The van der Waals surface area contributed by atoms with Crippen molar-refractivity contribution in [3.63, 3.8) is 0 Å². The van der Waals surface area contributed by atoms with Crippen molar-refractivity contribution in [2.24, 2.45) is 5.41 Å². The number of likely N-dealkylation sites (tertiary alicyclic amines) is 1. The van der Waals surface area contributed by atoms with Crippen molar-refractivity contribution < 1.29 is 24.5 Å². The second-order valence-corrected chi connectivity index (χ2v) is 8.46. The number of carbonyl (C=O) groups is 2. The maximum atomic E-state index is 12.1. The molecule has 0 aromatic carbocycles. The first-order valence-corrected chi connectivity index (χ1v) is 8.00. The minimum absolute atomic E-state index is 0.0395. The van der Waals surface area contributed by atoms with Gasteiger partial charge in [-0.15, -0.1) is 0 Å². The fourth-order valence-corrected chi connectivity index (χ4v) is 3.20. The molecule has 0 bridgehead atoms. The number of aliphatic hydroxyl groups excluding tert-OH is 1. The summed E-state index contributed by atoms with van der Waals surface area (Å²) in [6.07, 6.45) is -0.271. The molecule has 2 fully saturated rings. The molecule has 1 saturated carbocycles. The van der Waals surface area contributed by atoms with Gasteiger partial charge in [0.05, 0.1) is 18.1 Å². The summed E-state index contributed by atoms with van der Waals surface area (Å²) >= 11 is 0. The van der Waals surface area contributed by atoms with E-state index in [1.165, 1.54) is 4.90 Å². The van der Waals surface area contributed by atoms with Crippen LogP contribution in [0.15, 0.2) is 0 Å². The van der Waals surface area contributed by atoms with E-state index < -0.39 is 23.2 Å². The summed E-state index contributed by atoms with van der Waals surface area (Å²) in [5.41, 5.74) is -1.52. The zero-order valence-corrected chi connectivity index (χ0v) is 14.5. The van der Waals surface area contributed by atoms with E-state index in [-0.39, 0.29) is 24.0 Å². The Morgan fingerprint density at radius 2 is 1.87 bits per heavy atom. The molecule has 7 heteroatoms. The van der Waals surface area contributed by atoms with Gasteiger partial charge in [-0.25, -0.2) is 4.79 Å². The van der Waals surface area contributed by atoms with Gasteiger partial charge >= 0.3 is 12.1 Å². The second kappa shape index (κ2) is 5.63. The van der Waals surface area contributed by atoms with Crippen molar-refractivity contribution in [1.29, 1.82) is 0 Å². The predicted molar refractivity (Wildman–Crippen MR) is 84.1 cm³/mol. The normalized spacial score (nSPS) is 28.5. The lowest BCUT2D eigenvalue weighted by Gasteiger charge is -2.57. The van der Waals surface area contributed by atoms with Gasteiger partial charge in [-0.1, -0.05) is 13.8 Å². The largest absolute Gasteiger partial charge is 0.481 e. The fraction of sp³-hybridized carbons (Fsp3) is 0.875. The van der Waals surface area contributed by atoms with Crippen molar-refractivity contribution in [2.45, 2.75) is 70.7 Å². The van der Waals surface area contributed by atoms with Crippen LogP contribution in [-0.2, 0) is 9.53 Å². The Bertz CT molecular complexity index is 491. The highest BCUT2D eigenvalue weighted by Gasteiger charge is 2.55. The highest BCUT2D eigenvalue weighted by molar-refractivity contribution is 5.73. The SMILES string of the molecule is CC(C)(C)OC(=O)N1CC(CC(=O)O)(NC2CC(O)C2(C)C)C1. The summed E-state index contributed by atoms with van der Waals surface area (Å²) in [5.74, 6) is -0.904. The third-order valence-corrected chi connectivity index (χ3v) is 4.82. The second-order valence-electron chi connectivity index (χ2n) is 8.46. The average Bonchev–Trinajstić information content (AvgIpc) is 2.31. The monoisotopic (exact) mass is 328 g/mol. The standard InChI is InChI=1S/C16H28N2O5/c1-14(2,3)23-13(22)18-8-16(9-18,7-12(20)21)17-10-6-11(19)15(10,4)5/h10-11,17,19H,6-9H2,1-5H3,(H,20,21). The first kappa shape index (κ1) is 18.0.